The summed E-state index contributed by atoms with van der Waals surface area (Å²) in [4.78, 5) is 2.46. The fourth-order valence-corrected chi connectivity index (χ4v) is 2.69. The van der Waals surface area contributed by atoms with Crippen LogP contribution in [0.4, 0.5) is 0 Å². The molecule has 0 unspecified atom stereocenters. The summed E-state index contributed by atoms with van der Waals surface area (Å²) in [5, 5.41) is 3.37. The molecule has 1 N–H and O–H groups in total. The van der Waals surface area contributed by atoms with Gasteiger partial charge in [-0.15, -0.1) is 0 Å². The van der Waals surface area contributed by atoms with Crippen LogP contribution >= 0.6 is 0 Å². The van der Waals surface area contributed by atoms with Gasteiger partial charge in [-0.25, -0.2) is 0 Å². The van der Waals surface area contributed by atoms with Gasteiger partial charge in [-0.3, -0.25) is 0 Å². The Bertz CT molecular complexity index is 144. The second-order valence-corrected chi connectivity index (χ2v) is 4.70. The highest BCUT2D eigenvalue weighted by molar-refractivity contribution is 4.99. The van der Waals surface area contributed by atoms with Crippen LogP contribution in [0, 0.1) is 5.41 Å². The van der Waals surface area contributed by atoms with Gasteiger partial charge in [0.1, 0.15) is 0 Å². The summed E-state index contributed by atoms with van der Waals surface area (Å²) in [5.74, 6) is 0. The van der Waals surface area contributed by atoms with Gasteiger partial charge in [-0.1, -0.05) is 0 Å². The predicted octanol–water partition coefficient (Wildman–Crippen LogP) is 1.08. The standard InChI is InChI=1S/C10H20N2/c1-11-9-7-10(8-9)3-5-12(2)6-4-10/h9,11H,3-8H2,1-2H3. The predicted molar refractivity (Wildman–Crippen MR) is 51.2 cm³/mol. The molecule has 1 aliphatic carbocycles. The minimum Gasteiger partial charge on any atom is -0.317 e. The van der Waals surface area contributed by atoms with Crippen molar-refractivity contribution in [2.24, 2.45) is 5.41 Å². The third-order valence-electron chi connectivity index (χ3n) is 3.81. The Balaban J connectivity index is 1.83. The molecule has 0 aromatic heterocycles. The van der Waals surface area contributed by atoms with Crippen LogP contribution < -0.4 is 5.32 Å². The van der Waals surface area contributed by atoms with Gasteiger partial charge in [0.2, 0.25) is 0 Å². The zero-order valence-electron chi connectivity index (χ0n) is 8.27. The largest absolute Gasteiger partial charge is 0.317 e. The lowest BCUT2D eigenvalue weighted by Gasteiger charge is -2.51. The number of likely N-dealkylation sites (tertiary alicyclic amines) is 1. The maximum Gasteiger partial charge on any atom is 0.00746 e. The number of rotatable bonds is 1. The highest BCUT2D eigenvalue weighted by Gasteiger charge is 2.44. The third kappa shape index (κ3) is 1.38. The fraction of sp³-hybridized carbons (Fsp3) is 1.00. The van der Waals surface area contributed by atoms with Crippen molar-refractivity contribution in [1.82, 2.24) is 10.2 Å². The second-order valence-electron chi connectivity index (χ2n) is 4.70. The number of hydrogen-bond donors (Lipinski definition) is 1. The fourth-order valence-electron chi connectivity index (χ4n) is 2.69. The Kier molecular flexibility index (Phi) is 2.13. The van der Waals surface area contributed by atoms with Crippen LogP contribution in [0.25, 0.3) is 0 Å². The van der Waals surface area contributed by atoms with E-state index in [1.807, 2.05) is 0 Å². The van der Waals surface area contributed by atoms with Crippen molar-refractivity contribution in [3.8, 4) is 0 Å². The van der Waals surface area contributed by atoms with Gasteiger partial charge in [0.15, 0.2) is 0 Å². The molecule has 2 fully saturated rings. The maximum atomic E-state index is 3.37. The molecule has 0 aromatic rings. The lowest BCUT2D eigenvalue weighted by atomic mass is 9.60. The number of nitrogens with zero attached hydrogens (tertiary/aromatic N) is 1. The van der Waals surface area contributed by atoms with Gasteiger partial charge in [-0.2, -0.15) is 0 Å². The van der Waals surface area contributed by atoms with Crippen molar-refractivity contribution in [2.75, 3.05) is 27.2 Å². The molecule has 2 rings (SSSR count). The van der Waals surface area contributed by atoms with Crippen molar-refractivity contribution in [3.05, 3.63) is 0 Å². The average Bonchev–Trinajstić information content (AvgIpc) is 2.02. The van der Waals surface area contributed by atoms with Crippen molar-refractivity contribution < 1.29 is 0 Å². The van der Waals surface area contributed by atoms with E-state index in [1.54, 1.807) is 0 Å². The molecule has 1 aliphatic heterocycles. The lowest BCUT2D eigenvalue weighted by molar-refractivity contribution is 0.0161. The van der Waals surface area contributed by atoms with E-state index in [9.17, 15) is 0 Å². The van der Waals surface area contributed by atoms with Crippen LogP contribution in [0.3, 0.4) is 0 Å². The molecular formula is C10H20N2. The highest BCUT2D eigenvalue weighted by Crippen LogP contribution is 2.48. The van der Waals surface area contributed by atoms with Crippen LogP contribution in [-0.4, -0.2) is 38.1 Å². The Morgan fingerprint density at radius 3 is 2.33 bits per heavy atom. The molecule has 0 radical (unpaired) electrons. The lowest BCUT2D eigenvalue weighted by Crippen LogP contribution is -2.52. The zero-order chi connectivity index (χ0) is 8.60. The molecule has 2 aliphatic rings. The quantitative estimate of drug-likeness (QED) is 0.630. The summed E-state index contributed by atoms with van der Waals surface area (Å²) >= 11 is 0. The van der Waals surface area contributed by atoms with Gasteiger partial charge in [-0.05, 0) is 58.3 Å². The smallest absolute Gasteiger partial charge is 0.00746 e. The minimum atomic E-state index is 0.750. The molecule has 1 heterocycles. The van der Waals surface area contributed by atoms with Gasteiger partial charge in [0.25, 0.3) is 0 Å². The molecule has 1 saturated heterocycles. The summed E-state index contributed by atoms with van der Waals surface area (Å²) in [6, 6.07) is 0.827. The first-order valence-corrected chi connectivity index (χ1v) is 5.10. The molecule has 12 heavy (non-hydrogen) atoms. The second kappa shape index (κ2) is 3.00. The van der Waals surface area contributed by atoms with E-state index >= 15 is 0 Å². The number of hydrogen-bond acceptors (Lipinski definition) is 2. The van der Waals surface area contributed by atoms with Gasteiger partial charge < -0.3 is 10.2 Å². The van der Waals surface area contributed by atoms with Crippen LogP contribution in [-0.2, 0) is 0 Å². The topological polar surface area (TPSA) is 15.3 Å². The monoisotopic (exact) mass is 168 g/mol. The summed E-state index contributed by atoms with van der Waals surface area (Å²) in [7, 11) is 4.33. The molecule has 2 nitrogen and oxygen atoms in total. The number of nitrogens with one attached hydrogen (secondary N) is 1. The molecular weight excluding hydrogens is 148 g/mol. The molecule has 0 aromatic carbocycles. The first-order valence-electron chi connectivity index (χ1n) is 5.10. The maximum absolute atomic E-state index is 3.37. The number of piperidine rings is 1. The highest BCUT2D eigenvalue weighted by atomic mass is 15.1. The molecule has 1 spiro atoms. The summed E-state index contributed by atoms with van der Waals surface area (Å²) in [6.45, 7) is 2.63. The van der Waals surface area contributed by atoms with Crippen LogP contribution in [0.1, 0.15) is 25.7 Å². The zero-order valence-corrected chi connectivity index (χ0v) is 8.27. The third-order valence-corrected chi connectivity index (χ3v) is 3.81. The van der Waals surface area contributed by atoms with Gasteiger partial charge in [0, 0.05) is 6.04 Å². The normalized spacial score (nSPS) is 30.5. The van der Waals surface area contributed by atoms with E-state index in [-0.39, 0.29) is 0 Å². The van der Waals surface area contributed by atoms with E-state index in [0.717, 1.165) is 11.5 Å². The van der Waals surface area contributed by atoms with Crippen LogP contribution in [0.15, 0.2) is 0 Å². The summed E-state index contributed by atoms with van der Waals surface area (Å²) in [5.41, 5.74) is 0.750. The molecule has 70 valence electrons. The van der Waals surface area contributed by atoms with Gasteiger partial charge >= 0.3 is 0 Å². The van der Waals surface area contributed by atoms with E-state index < -0.39 is 0 Å². The van der Waals surface area contributed by atoms with E-state index in [4.69, 9.17) is 0 Å². The van der Waals surface area contributed by atoms with Crippen molar-refractivity contribution in [3.63, 3.8) is 0 Å². The SMILES string of the molecule is CNC1CC2(CCN(C)CC2)C1. The van der Waals surface area contributed by atoms with E-state index in [2.05, 4.69) is 24.3 Å². The van der Waals surface area contributed by atoms with Crippen molar-refractivity contribution >= 4 is 0 Å². The first-order chi connectivity index (χ1) is 5.74. The Morgan fingerprint density at radius 1 is 1.25 bits per heavy atom. The Morgan fingerprint density at radius 2 is 1.83 bits per heavy atom. The average molecular weight is 168 g/mol. The molecule has 2 heteroatoms. The Hall–Kier alpha value is -0.0800. The Labute approximate surface area is 75.3 Å². The first kappa shape index (κ1) is 8.52. The van der Waals surface area contributed by atoms with E-state index in [0.29, 0.717) is 0 Å². The molecule has 1 saturated carbocycles. The molecule has 0 amide bonds. The van der Waals surface area contributed by atoms with Crippen LogP contribution in [0.2, 0.25) is 0 Å². The summed E-state index contributed by atoms with van der Waals surface area (Å²) in [6.07, 6.45) is 5.72. The van der Waals surface area contributed by atoms with Crippen molar-refractivity contribution in [2.45, 2.75) is 31.7 Å². The van der Waals surface area contributed by atoms with Crippen LogP contribution in [0.5, 0.6) is 0 Å². The van der Waals surface area contributed by atoms with Gasteiger partial charge in [0.05, 0.1) is 0 Å². The van der Waals surface area contributed by atoms with E-state index in [1.165, 1.54) is 38.8 Å². The molecule has 0 atom stereocenters. The minimum absolute atomic E-state index is 0.750. The molecule has 0 bridgehead atoms. The summed E-state index contributed by atoms with van der Waals surface area (Å²) < 4.78 is 0. The van der Waals surface area contributed by atoms with Crippen molar-refractivity contribution in [1.29, 1.82) is 0 Å².